The Morgan fingerprint density at radius 3 is 2.47 bits per heavy atom. The lowest BCUT2D eigenvalue weighted by molar-refractivity contribution is -0.160. The Kier molecular flexibility index (Phi) is 7.08. The molecule has 0 bridgehead atoms. The Morgan fingerprint density at radius 1 is 1.21 bits per heavy atom. The number of hydrogen-bond donors (Lipinski definition) is 3. The smallest absolute Gasteiger partial charge is 0.353 e. The zero-order valence-corrected chi connectivity index (χ0v) is 20.7. The Bertz CT molecular complexity index is 927. The lowest BCUT2D eigenvalue weighted by Crippen LogP contribution is -2.62. The van der Waals surface area contributed by atoms with Gasteiger partial charge in [-0.2, -0.15) is 0 Å². The number of β-lactam (4-membered cyclic amide) rings is 1. The summed E-state index contributed by atoms with van der Waals surface area (Å²) in [4.78, 5) is 53.7. The molecule has 4 heterocycles. The van der Waals surface area contributed by atoms with E-state index >= 15 is 0 Å². The second-order valence-corrected chi connectivity index (χ2v) is 11.5. The molecule has 0 unspecified atom stereocenters. The number of carbonyl (C=O) groups excluding carboxylic acids is 3. The van der Waals surface area contributed by atoms with Gasteiger partial charge in [0.05, 0.1) is 24.0 Å². The van der Waals surface area contributed by atoms with Gasteiger partial charge >= 0.3 is 5.97 Å². The van der Waals surface area contributed by atoms with Gasteiger partial charge < -0.3 is 25.5 Å². The number of alkyl halides is 1. The molecule has 8 atom stereocenters. The van der Waals surface area contributed by atoms with Crippen LogP contribution in [0.25, 0.3) is 0 Å². The van der Waals surface area contributed by atoms with E-state index in [2.05, 4.69) is 10.6 Å². The number of fused-ring (bicyclic) bond motifs is 1. The summed E-state index contributed by atoms with van der Waals surface area (Å²) < 4.78 is 13.5. The van der Waals surface area contributed by atoms with Gasteiger partial charge in [-0.25, -0.2) is 9.18 Å². The van der Waals surface area contributed by atoms with E-state index in [1.807, 2.05) is 13.8 Å². The lowest BCUT2D eigenvalue weighted by atomic mass is 9.73. The zero-order chi connectivity index (χ0) is 24.9. The second kappa shape index (κ2) is 9.58. The number of likely N-dealkylation sites (N-methyl/N-ethyl adjacent to an activating group) is 1. The first kappa shape index (κ1) is 25.1. The molecule has 4 rings (SSSR count). The summed E-state index contributed by atoms with van der Waals surface area (Å²) in [5.41, 5.74) is 0.0300. The van der Waals surface area contributed by atoms with Crippen LogP contribution in [0.3, 0.4) is 0 Å². The molecule has 3 N–H and O–H groups in total. The van der Waals surface area contributed by atoms with Gasteiger partial charge in [0.15, 0.2) is 0 Å². The fourth-order valence-electron chi connectivity index (χ4n) is 5.76. The molecular weight excluding hydrogens is 463 g/mol. The first-order valence-electron chi connectivity index (χ1n) is 11.8. The minimum Gasteiger partial charge on any atom is -0.477 e. The number of nitrogens with one attached hydrogen (secondary N) is 2. The maximum absolute atomic E-state index is 13.5. The molecule has 11 heteroatoms. The molecule has 188 valence electrons. The molecule has 9 nitrogen and oxygen atoms in total. The van der Waals surface area contributed by atoms with Crippen LogP contribution >= 0.6 is 11.8 Å². The Morgan fingerprint density at radius 2 is 1.88 bits per heavy atom. The van der Waals surface area contributed by atoms with Crippen LogP contribution in [0, 0.1) is 17.8 Å². The Labute approximate surface area is 202 Å². The van der Waals surface area contributed by atoms with Crippen LogP contribution in [0.4, 0.5) is 4.39 Å². The van der Waals surface area contributed by atoms with Gasteiger partial charge in [-0.1, -0.05) is 13.8 Å². The van der Waals surface area contributed by atoms with E-state index in [4.69, 9.17) is 0 Å². The first-order valence-corrected chi connectivity index (χ1v) is 12.7. The quantitative estimate of drug-likeness (QED) is 0.418. The number of thioether (sulfide) groups is 1. The maximum Gasteiger partial charge on any atom is 0.353 e. The molecule has 4 aliphatic heterocycles. The molecular formula is C23H33FN4O5S. The molecule has 0 aromatic rings. The highest BCUT2D eigenvalue weighted by molar-refractivity contribution is 8.03. The summed E-state index contributed by atoms with van der Waals surface area (Å²) in [5.74, 6) is -2.40. The third-order valence-electron chi connectivity index (χ3n) is 7.52. The van der Waals surface area contributed by atoms with Crippen LogP contribution in [0.2, 0.25) is 0 Å². The minimum absolute atomic E-state index is 0.0107. The number of carbonyl (C=O) groups is 4. The van der Waals surface area contributed by atoms with E-state index in [0.29, 0.717) is 17.9 Å². The van der Waals surface area contributed by atoms with Crippen molar-refractivity contribution in [3.05, 3.63) is 10.6 Å². The predicted molar refractivity (Wildman–Crippen MR) is 125 cm³/mol. The second-order valence-electron chi connectivity index (χ2n) is 10.1. The van der Waals surface area contributed by atoms with E-state index in [1.54, 1.807) is 14.1 Å². The van der Waals surface area contributed by atoms with Crippen LogP contribution in [0.15, 0.2) is 10.6 Å². The summed E-state index contributed by atoms with van der Waals surface area (Å²) in [5, 5.41) is 16.1. The monoisotopic (exact) mass is 496 g/mol. The van der Waals surface area contributed by atoms with E-state index < -0.39 is 24.1 Å². The number of carboxylic acid groups (broad SMARTS) is 1. The summed E-state index contributed by atoms with van der Waals surface area (Å²) in [6.45, 7) is 4.52. The number of rotatable bonds is 8. The average Bonchev–Trinajstić information content (AvgIpc) is 3.46. The van der Waals surface area contributed by atoms with Crippen molar-refractivity contribution in [2.75, 3.05) is 27.2 Å². The summed E-state index contributed by atoms with van der Waals surface area (Å²) in [7, 11) is 3.41. The number of Topliss-reactive ketones (excluding diaryl/α,β-unsaturated/α-hetero) is 1. The van der Waals surface area contributed by atoms with Crippen LogP contribution in [0.1, 0.15) is 33.1 Å². The molecule has 3 fully saturated rings. The van der Waals surface area contributed by atoms with Crippen molar-refractivity contribution in [2.24, 2.45) is 17.8 Å². The molecule has 34 heavy (non-hydrogen) atoms. The zero-order valence-electron chi connectivity index (χ0n) is 19.9. The Hall–Kier alpha value is -1.98. The number of amides is 2. The van der Waals surface area contributed by atoms with Gasteiger partial charge in [0.25, 0.3) is 0 Å². The van der Waals surface area contributed by atoms with Crippen molar-refractivity contribution in [1.82, 2.24) is 20.4 Å². The van der Waals surface area contributed by atoms with Gasteiger partial charge in [0, 0.05) is 56.1 Å². The molecule has 0 spiro atoms. The molecule has 3 saturated heterocycles. The number of carboxylic acids is 1. The molecule has 0 radical (unpaired) electrons. The molecule has 2 amide bonds. The summed E-state index contributed by atoms with van der Waals surface area (Å²) in [6.07, 6.45) is -0.126. The standard InChI is InChI=1S/C23H33FN4O5S/c1-10(5-16(29)14-6-12(24)8-25-14)17-18-11(2)20(19(23(32)33)28(18)22(17)31)34-13-7-15(26-9-13)21(30)27(3)4/h10-15,17-18,25-26H,5-9H2,1-4H3,(H,32,33)/t10-,11+,12-,13-,14-,15-,17+,18+/m0/s1. The largest absolute Gasteiger partial charge is 0.477 e. The number of aliphatic carboxylic acids is 1. The SMILES string of the molecule is C[C@@H](CC(=O)[C@@H]1C[C@H](F)CN1)[C@H]1C(=O)N2C(C(=O)O)=C(S[C@@H]3CN[C@H](C(=O)N(C)C)C3)[C@H](C)[C@H]12. The Balaban J connectivity index is 1.44. The highest BCUT2D eigenvalue weighted by atomic mass is 32.2. The fourth-order valence-corrected chi connectivity index (χ4v) is 7.24. The first-order chi connectivity index (χ1) is 16.0. The highest BCUT2D eigenvalue weighted by Crippen LogP contribution is 2.53. The van der Waals surface area contributed by atoms with Crippen molar-refractivity contribution in [1.29, 1.82) is 0 Å². The van der Waals surface area contributed by atoms with Gasteiger partial charge in [-0.05, 0) is 12.3 Å². The lowest BCUT2D eigenvalue weighted by Gasteiger charge is -2.47. The van der Waals surface area contributed by atoms with Gasteiger partial charge in [0.2, 0.25) is 11.8 Å². The van der Waals surface area contributed by atoms with Crippen LogP contribution < -0.4 is 10.6 Å². The topological polar surface area (TPSA) is 119 Å². The van der Waals surface area contributed by atoms with Crippen molar-refractivity contribution in [2.45, 2.75) is 62.7 Å². The van der Waals surface area contributed by atoms with Crippen molar-refractivity contribution in [3.63, 3.8) is 0 Å². The maximum atomic E-state index is 13.5. The normalized spacial score (nSPS) is 35.9. The average molecular weight is 497 g/mol. The third-order valence-corrected chi connectivity index (χ3v) is 9.03. The number of halogens is 1. The van der Waals surface area contributed by atoms with Crippen LogP contribution in [0.5, 0.6) is 0 Å². The van der Waals surface area contributed by atoms with Gasteiger partial charge in [-0.15, -0.1) is 11.8 Å². The van der Waals surface area contributed by atoms with Crippen molar-refractivity contribution in [3.8, 4) is 0 Å². The van der Waals surface area contributed by atoms with Crippen LogP contribution in [-0.4, -0.2) is 95.2 Å². The van der Waals surface area contributed by atoms with E-state index in [9.17, 15) is 28.7 Å². The van der Waals surface area contributed by atoms with E-state index in [-0.39, 0.29) is 71.9 Å². The highest BCUT2D eigenvalue weighted by Gasteiger charge is 2.60. The van der Waals surface area contributed by atoms with Crippen molar-refractivity contribution >= 4 is 35.3 Å². The number of ketones is 1. The molecule has 0 saturated carbocycles. The number of nitrogens with zero attached hydrogens (tertiary/aromatic N) is 2. The fraction of sp³-hybridized carbons (Fsp3) is 0.739. The predicted octanol–water partition coefficient (Wildman–Crippen LogP) is 0.607. The molecule has 0 aromatic carbocycles. The molecule has 0 aromatic heterocycles. The van der Waals surface area contributed by atoms with E-state index in [0.717, 1.165) is 0 Å². The molecule has 0 aliphatic carbocycles. The van der Waals surface area contributed by atoms with E-state index in [1.165, 1.54) is 21.6 Å². The van der Waals surface area contributed by atoms with Gasteiger partial charge in [-0.3, -0.25) is 14.4 Å². The third kappa shape index (κ3) is 4.37. The van der Waals surface area contributed by atoms with Crippen LogP contribution in [-0.2, 0) is 19.2 Å². The molecule has 4 aliphatic rings. The summed E-state index contributed by atoms with van der Waals surface area (Å²) >= 11 is 1.44. The number of hydrogen-bond acceptors (Lipinski definition) is 7. The summed E-state index contributed by atoms with van der Waals surface area (Å²) in [6, 6.07) is -1.12. The minimum atomic E-state index is -1.14. The van der Waals surface area contributed by atoms with Crippen molar-refractivity contribution < 1.29 is 28.7 Å². The van der Waals surface area contributed by atoms with Gasteiger partial charge in [0.1, 0.15) is 17.7 Å².